The van der Waals surface area contributed by atoms with E-state index in [1.54, 1.807) is 11.8 Å². The number of carbonyl (C=O) groups is 1. The first-order chi connectivity index (χ1) is 10.9. The lowest BCUT2D eigenvalue weighted by atomic mass is 9.95. The molecule has 6 nitrogen and oxygen atoms in total. The Kier molecular flexibility index (Phi) is 4.61. The van der Waals surface area contributed by atoms with Crippen LogP contribution in [0.3, 0.4) is 0 Å². The largest absolute Gasteiger partial charge is 0.342 e. The van der Waals surface area contributed by atoms with Gasteiger partial charge in [-0.15, -0.1) is 0 Å². The van der Waals surface area contributed by atoms with Gasteiger partial charge < -0.3 is 9.42 Å². The smallest absolute Gasteiger partial charge is 0.251 e. The molecule has 1 aromatic rings. The number of piperidine rings is 2. The van der Waals surface area contributed by atoms with Gasteiger partial charge in [0.2, 0.25) is 11.8 Å². The van der Waals surface area contributed by atoms with Crippen LogP contribution in [-0.2, 0) is 11.3 Å². The molecule has 2 fully saturated rings. The van der Waals surface area contributed by atoms with E-state index in [4.69, 9.17) is 4.52 Å². The van der Waals surface area contributed by atoms with Crippen molar-refractivity contribution in [2.75, 3.05) is 26.2 Å². The van der Waals surface area contributed by atoms with Crippen LogP contribution >= 0.6 is 0 Å². The zero-order chi connectivity index (χ0) is 16.4. The number of aromatic nitrogens is 2. The molecule has 3 heterocycles. The maximum atomic E-state index is 13.2. The van der Waals surface area contributed by atoms with Gasteiger partial charge in [-0.05, 0) is 19.4 Å². The van der Waals surface area contributed by atoms with E-state index < -0.39 is 5.92 Å². The molecule has 0 saturated carbocycles. The lowest BCUT2D eigenvalue weighted by molar-refractivity contribution is -0.143. The molecule has 2 saturated heterocycles. The van der Waals surface area contributed by atoms with Gasteiger partial charge in [0.05, 0.1) is 12.5 Å². The fourth-order valence-electron chi connectivity index (χ4n) is 3.32. The molecule has 1 atom stereocenters. The van der Waals surface area contributed by atoms with Crippen LogP contribution < -0.4 is 0 Å². The van der Waals surface area contributed by atoms with Crippen LogP contribution in [0.25, 0.3) is 0 Å². The molecular weight excluding hydrogens is 306 g/mol. The highest BCUT2D eigenvalue weighted by Crippen LogP contribution is 2.29. The zero-order valence-corrected chi connectivity index (χ0v) is 13.3. The van der Waals surface area contributed by atoms with Crippen molar-refractivity contribution in [2.45, 2.75) is 45.1 Å². The number of halogens is 2. The Balaban J connectivity index is 1.54. The van der Waals surface area contributed by atoms with Gasteiger partial charge >= 0.3 is 0 Å². The van der Waals surface area contributed by atoms with Crippen molar-refractivity contribution in [3.05, 3.63) is 11.7 Å². The van der Waals surface area contributed by atoms with Crippen molar-refractivity contribution in [3.63, 3.8) is 0 Å². The predicted molar refractivity (Wildman–Crippen MR) is 77.8 cm³/mol. The van der Waals surface area contributed by atoms with E-state index in [1.165, 1.54) is 0 Å². The number of carbonyl (C=O) groups excluding carboxylic acids is 1. The third-order valence-electron chi connectivity index (χ3n) is 4.60. The van der Waals surface area contributed by atoms with Crippen molar-refractivity contribution in [1.29, 1.82) is 0 Å². The zero-order valence-electron chi connectivity index (χ0n) is 13.3. The van der Waals surface area contributed by atoms with E-state index in [0.29, 0.717) is 24.8 Å². The van der Waals surface area contributed by atoms with Gasteiger partial charge in [-0.25, -0.2) is 8.78 Å². The molecule has 0 spiro atoms. The summed E-state index contributed by atoms with van der Waals surface area (Å²) in [5.74, 6) is -1.59. The molecule has 0 radical (unpaired) electrons. The summed E-state index contributed by atoms with van der Waals surface area (Å²) in [6.07, 6.45) is 1.28. The number of hydrogen-bond acceptors (Lipinski definition) is 5. The average molecular weight is 328 g/mol. The lowest BCUT2D eigenvalue weighted by Crippen LogP contribution is -2.48. The summed E-state index contributed by atoms with van der Waals surface area (Å²) in [5, 5.41) is 3.88. The van der Waals surface area contributed by atoms with Crippen LogP contribution in [0.2, 0.25) is 0 Å². The molecule has 2 aliphatic rings. The summed E-state index contributed by atoms with van der Waals surface area (Å²) >= 11 is 0. The molecule has 23 heavy (non-hydrogen) atoms. The number of amides is 1. The van der Waals surface area contributed by atoms with E-state index in [1.807, 2.05) is 0 Å². The molecular formula is C15H22F2N4O2. The van der Waals surface area contributed by atoms with E-state index in [9.17, 15) is 13.6 Å². The Morgan fingerprint density at radius 2 is 2.09 bits per heavy atom. The fraction of sp³-hybridized carbons (Fsp3) is 0.800. The van der Waals surface area contributed by atoms with Gasteiger partial charge in [0, 0.05) is 39.4 Å². The number of hydrogen-bond donors (Lipinski definition) is 0. The second-order valence-electron chi connectivity index (χ2n) is 6.49. The highest BCUT2D eigenvalue weighted by Gasteiger charge is 2.38. The monoisotopic (exact) mass is 328 g/mol. The molecule has 1 amide bonds. The van der Waals surface area contributed by atoms with Crippen molar-refractivity contribution in [2.24, 2.45) is 5.92 Å². The van der Waals surface area contributed by atoms with Crippen LogP contribution in [0.1, 0.15) is 37.4 Å². The Morgan fingerprint density at radius 1 is 1.35 bits per heavy atom. The molecule has 8 heteroatoms. The molecule has 0 N–H and O–H groups in total. The van der Waals surface area contributed by atoms with Crippen LogP contribution in [0.5, 0.6) is 0 Å². The van der Waals surface area contributed by atoms with Gasteiger partial charge in [0.15, 0.2) is 5.82 Å². The minimum absolute atomic E-state index is 0.00879. The summed E-state index contributed by atoms with van der Waals surface area (Å²) in [6, 6.07) is 0. The average Bonchev–Trinajstić information content (AvgIpc) is 2.92. The second kappa shape index (κ2) is 6.51. The van der Waals surface area contributed by atoms with Gasteiger partial charge in [0.1, 0.15) is 0 Å². The summed E-state index contributed by atoms with van der Waals surface area (Å²) in [6.45, 7) is 4.12. The molecule has 0 bridgehead atoms. The first kappa shape index (κ1) is 16.3. The van der Waals surface area contributed by atoms with Gasteiger partial charge in [0.25, 0.3) is 5.92 Å². The number of nitrogens with zero attached hydrogens (tertiary/aromatic N) is 4. The highest BCUT2D eigenvalue weighted by molar-refractivity contribution is 5.79. The molecule has 2 aliphatic heterocycles. The van der Waals surface area contributed by atoms with Gasteiger partial charge in [-0.2, -0.15) is 4.98 Å². The molecule has 0 aromatic carbocycles. The summed E-state index contributed by atoms with van der Waals surface area (Å²) in [7, 11) is 0. The minimum atomic E-state index is -2.62. The van der Waals surface area contributed by atoms with Gasteiger partial charge in [-0.1, -0.05) is 5.16 Å². The molecule has 3 rings (SSSR count). The normalized spacial score (nSPS) is 25.5. The fourth-order valence-corrected chi connectivity index (χ4v) is 3.32. The first-order valence-electron chi connectivity index (χ1n) is 8.11. The van der Waals surface area contributed by atoms with Crippen LogP contribution in [0.4, 0.5) is 8.78 Å². The standard InChI is InChI=1S/C15H22F2N4O2/c1-11-18-13(19-23-11)10-20-6-2-3-12(9-20)14(22)21-7-4-15(16,17)5-8-21/h12H,2-10H2,1H3. The maximum Gasteiger partial charge on any atom is 0.251 e. The van der Waals surface area contributed by atoms with E-state index >= 15 is 0 Å². The molecule has 1 unspecified atom stereocenters. The van der Waals surface area contributed by atoms with E-state index in [-0.39, 0.29) is 37.8 Å². The van der Waals surface area contributed by atoms with Crippen LogP contribution in [-0.4, -0.2) is 57.9 Å². The minimum Gasteiger partial charge on any atom is -0.342 e. The number of alkyl halides is 2. The Hall–Kier alpha value is -1.57. The van der Waals surface area contributed by atoms with Crippen LogP contribution in [0.15, 0.2) is 4.52 Å². The van der Waals surface area contributed by atoms with Crippen LogP contribution in [0, 0.1) is 12.8 Å². The van der Waals surface area contributed by atoms with Crippen molar-refractivity contribution in [1.82, 2.24) is 19.9 Å². The summed E-state index contributed by atoms with van der Waals surface area (Å²) in [4.78, 5) is 20.5. The highest BCUT2D eigenvalue weighted by atomic mass is 19.3. The number of aryl methyl sites for hydroxylation is 1. The summed E-state index contributed by atoms with van der Waals surface area (Å²) < 4.78 is 31.4. The Bertz CT molecular complexity index is 553. The third kappa shape index (κ3) is 4.04. The third-order valence-corrected chi connectivity index (χ3v) is 4.60. The topological polar surface area (TPSA) is 62.5 Å². The van der Waals surface area contributed by atoms with E-state index in [0.717, 1.165) is 19.4 Å². The first-order valence-corrected chi connectivity index (χ1v) is 8.11. The molecule has 0 aliphatic carbocycles. The SMILES string of the molecule is Cc1nc(CN2CCCC(C(=O)N3CCC(F)(F)CC3)C2)no1. The number of likely N-dealkylation sites (tertiary alicyclic amines) is 2. The van der Waals surface area contributed by atoms with Gasteiger partial charge in [-0.3, -0.25) is 9.69 Å². The van der Waals surface area contributed by atoms with Crippen molar-refractivity contribution >= 4 is 5.91 Å². The quantitative estimate of drug-likeness (QED) is 0.847. The summed E-state index contributed by atoms with van der Waals surface area (Å²) in [5.41, 5.74) is 0. The predicted octanol–water partition coefficient (Wildman–Crippen LogP) is 1.85. The van der Waals surface area contributed by atoms with Crippen molar-refractivity contribution < 1.29 is 18.1 Å². The molecule has 1 aromatic heterocycles. The number of rotatable bonds is 3. The molecule has 128 valence electrons. The van der Waals surface area contributed by atoms with E-state index in [2.05, 4.69) is 15.0 Å². The Morgan fingerprint density at radius 3 is 2.74 bits per heavy atom. The Labute approximate surface area is 133 Å². The van der Waals surface area contributed by atoms with Crippen molar-refractivity contribution in [3.8, 4) is 0 Å². The second-order valence-corrected chi connectivity index (χ2v) is 6.49. The maximum absolute atomic E-state index is 13.2. The lowest BCUT2D eigenvalue weighted by Gasteiger charge is -2.37.